The van der Waals surface area contributed by atoms with Crippen LogP contribution in [-0.4, -0.2) is 6.04 Å². The molecule has 1 aromatic rings. The largest absolute Gasteiger partial charge is 0.306 e. The van der Waals surface area contributed by atoms with E-state index in [-0.39, 0.29) is 0 Å². The average molecular weight is 258 g/mol. The summed E-state index contributed by atoms with van der Waals surface area (Å²) in [6.45, 7) is 11.5. The normalized spacial score (nSPS) is 24.4. The lowest BCUT2D eigenvalue weighted by atomic mass is 10.0. The van der Waals surface area contributed by atoms with E-state index in [0.717, 1.165) is 4.34 Å². The van der Waals surface area contributed by atoms with Gasteiger partial charge in [-0.1, -0.05) is 39.3 Å². The summed E-state index contributed by atoms with van der Waals surface area (Å²) in [4.78, 5) is 1.32. The first-order valence-electron chi connectivity index (χ1n) is 5.78. The highest BCUT2D eigenvalue weighted by molar-refractivity contribution is 7.16. The Labute approximate surface area is 107 Å². The van der Waals surface area contributed by atoms with Gasteiger partial charge in [0.2, 0.25) is 0 Å². The molecule has 0 bridgehead atoms. The van der Waals surface area contributed by atoms with Gasteiger partial charge >= 0.3 is 0 Å². The highest BCUT2D eigenvalue weighted by atomic mass is 35.5. The number of thiophene rings is 1. The molecule has 1 saturated carbocycles. The van der Waals surface area contributed by atoms with Crippen LogP contribution in [0.3, 0.4) is 0 Å². The van der Waals surface area contributed by atoms with Crippen LogP contribution in [0.4, 0.5) is 0 Å². The molecule has 2 rings (SSSR count). The first-order valence-corrected chi connectivity index (χ1v) is 6.97. The minimum atomic E-state index is 0.391. The third-order valence-corrected chi connectivity index (χ3v) is 5.87. The van der Waals surface area contributed by atoms with E-state index in [1.165, 1.54) is 4.88 Å². The van der Waals surface area contributed by atoms with Crippen LogP contribution < -0.4 is 5.32 Å². The molecule has 0 spiro atoms. The van der Waals surface area contributed by atoms with Gasteiger partial charge in [0.1, 0.15) is 0 Å². The van der Waals surface area contributed by atoms with Crippen LogP contribution in [0.25, 0.3) is 0 Å². The van der Waals surface area contributed by atoms with Crippen LogP contribution in [0.15, 0.2) is 12.1 Å². The molecule has 1 heterocycles. The number of rotatable bonds is 3. The molecule has 1 aliphatic rings. The molecule has 0 aliphatic heterocycles. The quantitative estimate of drug-likeness (QED) is 0.842. The molecular weight excluding hydrogens is 238 g/mol. The number of halogens is 1. The summed E-state index contributed by atoms with van der Waals surface area (Å²) in [5.74, 6) is 0. The lowest BCUT2D eigenvalue weighted by molar-refractivity contribution is 0.457. The standard InChI is InChI=1S/C13H20ClNS/c1-8(9-6-7-10(14)16-9)15-11-12(2,3)13(11,4)5/h6-8,11,15H,1-5H3. The molecule has 1 unspecified atom stereocenters. The van der Waals surface area contributed by atoms with Crippen LogP contribution in [0.1, 0.15) is 45.5 Å². The van der Waals surface area contributed by atoms with Crippen molar-refractivity contribution < 1.29 is 0 Å². The molecule has 0 aromatic carbocycles. The molecule has 0 saturated heterocycles. The minimum absolute atomic E-state index is 0.391. The summed E-state index contributed by atoms with van der Waals surface area (Å²) in [6.07, 6.45) is 0. The molecular formula is C13H20ClNS. The van der Waals surface area contributed by atoms with E-state index < -0.39 is 0 Å². The highest BCUT2D eigenvalue weighted by Gasteiger charge is 2.64. The molecule has 1 aromatic heterocycles. The highest BCUT2D eigenvalue weighted by Crippen LogP contribution is 2.63. The third kappa shape index (κ3) is 1.81. The van der Waals surface area contributed by atoms with E-state index in [1.54, 1.807) is 11.3 Å². The zero-order valence-electron chi connectivity index (χ0n) is 10.6. The van der Waals surface area contributed by atoms with Gasteiger partial charge in [0.15, 0.2) is 0 Å². The summed E-state index contributed by atoms with van der Waals surface area (Å²) >= 11 is 7.63. The van der Waals surface area contributed by atoms with Crippen molar-refractivity contribution in [3.05, 3.63) is 21.3 Å². The average Bonchev–Trinajstić information content (AvgIpc) is 2.58. The second-order valence-corrected chi connectivity index (χ2v) is 7.65. The monoisotopic (exact) mass is 257 g/mol. The van der Waals surface area contributed by atoms with Crippen molar-refractivity contribution in [2.45, 2.75) is 46.7 Å². The molecule has 1 atom stereocenters. The molecule has 1 N–H and O–H groups in total. The second kappa shape index (κ2) is 3.72. The Morgan fingerprint density at radius 1 is 1.25 bits per heavy atom. The Bertz CT molecular complexity index is 380. The van der Waals surface area contributed by atoms with Gasteiger partial charge in [0.05, 0.1) is 4.34 Å². The van der Waals surface area contributed by atoms with Gasteiger partial charge in [-0.15, -0.1) is 11.3 Å². The first-order chi connectivity index (χ1) is 7.26. The van der Waals surface area contributed by atoms with Gasteiger partial charge in [-0.05, 0) is 29.9 Å². The van der Waals surface area contributed by atoms with E-state index in [0.29, 0.717) is 22.9 Å². The van der Waals surface area contributed by atoms with Gasteiger partial charge in [0, 0.05) is 17.0 Å². The maximum atomic E-state index is 5.96. The zero-order chi connectivity index (χ0) is 12.1. The van der Waals surface area contributed by atoms with Crippen LogP contribution >= 0.6 is 22.9 Å². The second-order valence-electron chi connectivity index (χ2n) is 5.91. The lowest BCUT2D eigenvalue weighted by Crippen LogP contribution is -2.25. The van der Waals surface area contributed by atoms with E-state index in [2.05, 4.69) is 46.0 Å². The molecule has 0 amide bonds. The Kier molecular flexibility index (Phi) is 2.89. The fraction of sp³-hybridized carbons (Fsp3) is 0.692. The first kappa shape index (κ1) is 12.4. The van der Waals surface area contributed by atoms with Crippen molar-refractivity contribution in [1.29, 1.82) is 0 Å². The maximum absolute atomic E-state index is 5.96. The Hall–Kier alpha value is -0.0500. The van der Waals surface area contributed by atoms with Crippen molar-refractivity contribution in [3.8, 4) is 0 Å². The van der Waals surface area contributed by atoms with E-state index in [9.17, 15) is 0 Å². The maximum Gasteiger partial charge on any atom is 0.0931 e. The van der Waals surface area contributed by atoms with Gasteiger partial charge in [-0.2, -0.15) is 0 Å². The predicted molar refractivity (Wildman–Crippen MR) is 72.2 cm³/mol. The molecule has 16 heavy (non-hydrogen) atoms. The van der Waals surface area contributed by atoms with Crippen molar-refractivity contribution in [2.24, 2.45) is 10.8 Å². The van der Waals surface area contributed by atoms with E-state index in [1.807, 2.05) is 6.07 Å². The van der Waals surface area contributed by atoms with Crippen molar-refractivity contribution in [3.63, 3.8) is 0 Å². The summed E-state index contributed by atoms with van der Waals surface area (Å²) in [5, 5.41) is 3.72. The van der Waals surface area contributed by atoms with Gasteiger partial charge in [-0.25, -0.2) is 0 Å². The van der Waals surface area contributed by atoms with Crippen molar-refractivity contribution >= 4 is 22.9 Å². The molecule has 1 aliphatic carbocycles. The fourth-order valence-corrected chi connectivity index (χ4v) is 3.58. The molecule has 3 heteroatoms. The Morgan fingerprint density at radius 3 is 2.19 bits per heavy atom. The zero-order valence-corrected chi connectivity index (χ0v) is 12.2. The van der Waals surface area contributed by atoms with Crippen LogP contribution in [0.5, 0.6) is 0 Å². The molecule has 1 fully saturated rings. The lowest BCUT2D eigenvalue weighted by Gasteiger charge is -2.13. The van der Waals surface area contributed by atoms with Gasteiger partial charge < -0.3 is 5.32 Å². The van der Waals surface area contributed by atoms with Crippen LogP contribution in [0, 0.1) is 10.8 Å². The Morgan fingerprint density at radius 2 is 1.81 bits per heavy atom. The predicted octanol–water partition coefficient (Wildman–Crippen LogP) is 4.49. The smallest absolute Gasteiger partial charge is 0.0931 e. The molecule has 0 radical (unpaired) electrons. The van der Waals surface area contributed by atoms with Crippen molar-refractivity contribution in [1.82, 2.24) is 5.32 Å². The fourth-order valence-electron chi connectivity index (χ4n) is 2.51. The number of hydrogen-bond donors (Lipinski definition) is 1. The molecule has 1 nitrogen and oxygen atoms in total. The van der Waals surface area contributed by atoms with Crippen LogP contribution in [0.2, 0.25) is 4.34 Å². The SMILES string of the molecule is CC(NC1C(C)(C)C1(C)C)c1ccc(Cl)s1. The van der Waals surface area contributed by atoms with Gasteiger partial charge in [0.25, 0.3) is 0 Å². The van der Waals surface area contributed by atoms with Crippen LogP contribution in [-0.2, 0) is 0 Å². The Balaban J connectivity index is 2.03. The number of nitrogens with one attached hydrogen (secondary N) is 1. The third-order valence-electron chi connectivity index (χ3n) is 4.46. The van der Waals surface area contributed by atoms with Gasteiger partial charge in [-0.3, -0.25) is 0 Å². The summed E-state index contributed by atoms with van der Waals surface area (Å²) in [6, 6.07) is 5.08. The number of hydrogen-bond acceptors (Lipinski definition) is 2. The van der Waals surface area contributed by atoms with E-state index >= 15 is 0 Å². The minimum Gasteiger partial charge on any atom is -0.306 e. The van der Waals surface area contributed by atoms with Crippen molar-refractivity contribution in [2.75, 3.05) is 0 Å². The summed E-state index contributed by atoms with van der Waals surface area (Å²) in [5.41, 5.74) is 0.782. The summed E-state index contributed by atoms with van der Waals surface area (Å²) in [7, 11) is 0. The van der Waals surface area contributed by atoms with E-state index in [4.69, 9.17) is 11.6 Å². The molecule has 90 valence electrons. The summed E-state index contributed by atoms with van der Waals surface area (Å²) < 4.78 is 0.873. The topological polar surface area (TPSA) is 12.0 Å².